The lowest BCUT2D eigenvalue weighted by Gasteiger charge is -2.31. The SMILES string of the molecule is COC(=O)c1cccc(-c2ccc([C@H]3[C@@H](c4ccccn4)NC(=S)N3C3CCCC3)o2)c1. The van der Waals surface area contributed by atoms with Crippen LogP contribution in [-0.4, -0.2) is 34.1 Å². The first kappa shape index (κ1) is 20.7. The highest BCUT2D eigenvalue weighted by molar-refractivity contribution is 7.80. The van der Waals surface area contributed by atoms with E-state index in [1.807, 2.05) is 42.5 Å². The van der Waals surface area contributed by atoms with E-state index in [0.717, 1.165) is 35.0 Å². The maximum atomic E-state index is 11.9. The molecule has 3 aromatic rings. The van der Waals surface area contributed by atoms with Gasteiger partial charge in [-0.3, -0.25) is 4.98 Å². The summed E-state index contributed by atoms with van der Waals surface area (Å²) in [6.07, 6.45) is 6.49. The fourth-order valence-electron chi connectivity index (χ4n) is 4.83. The van der Waals surface area contributed by atoms with Gasteiger partial charge in [-0.1, -0.05) is 31.0 Å². The molecule has 6 nitrogen and oxygen atoms in total. The van der Waals surface area contributed by atoms with E-state index in [-0.39, 0.29) is 18.1 Å². The molecule has 1 aliphatic carbocycles. The highest BCUT2D eigenvalue weighted by Gasteiger charge is 2.45. The summed E-state index contributed by atoms with van der Waals surface area (Å²) in [5.74, 6) is 1.17. The molecule has 1 aliphatic heterocycles. The normalized spacial score (nSPS) is 21.0. The van der Waals surface area contributed by atoms with Crippen molar-refractivity contribution in [2.24, 2.45) is 0 Å². The number of ether oxygens (including phenoxy) is 1. The lowest BCUT2D eigenvalue weighted by atomic mass is 10.0. The number of benzene rings is 1. The van der Waals surface area contributed by atoms with Crippen molar-refractivity contribution in [3.05, 3.63) is 77.8 Å². The smallest absolute Gasteiger partial charge is 0.337 e. The van der Waals surface area contributed by atoms with Gasteiger partial charge in [-0.05, 0) is 61.5 Å². The highest BCUT2D eigenvalue weighted by atomic mass is 32.1. The van der Waals surface area contributed by atoms with E-state index in [0.29, 0.717) is 17.4 Å². The number of hydrogen-bond donors (Lipinski definition) is 1. The zero-order chi connectivity index (χ0) is 22.1. The van der Waals surface area contributed by atoms with Crippen LogP contribution in [0.5, 0.6) is 0 Å². The van der Waals surface area contributed by atoms with Crippen LogP contribution in [0.1, 0.15) is 59.6 Å². The van der Waals surface area contributed by atoms with Crippen molar-refractivity contribution in [1.29, 1.82) is 0 Å². The molecule has 2 atom stereocenters. The van der Waals surface area contributed by atoms with Crippen molar-refractivity contribution >= 4 is 23.3 Å². The summed E-state index contributed by atoms with van der Waals surface area (Å²) in [5, 5.41) is 4.25. The van der Waals surface area contributed by atoms with E-state index in [2.05, 4.69) is 15.2 Å². The first-order chi connectivity index (χ1) is 15.7. The molecule has 164 valence electrons. The Balaban J connectivity index is 1.52. The Bertz CT molecular complexity index is 1120. The zero-order valence-corrected chi connectivity index (χ0v) is 18.7. The van der Waals surface area contributed by atoms with E-state index in [1.54, 1.807) is 18.3 Å². The number of nitrogens with one attached hydrogen (secondary N) is 1. The minimum absolute atomic E-state index is 0.0851. The summed E-state index contributed by atoms with van der Waals surface area (Å²) < 4.78 is 11.2. The van der Waals surface area contributed by atoms with E-state index < -0.39 is 0 Å². The number of rotatable bonds is 5. The molecular weight excluding hydrogens is 422 g/mol. The monoisotopic (exact) mass is 447 g/mol. The summed E-state index contributed by atoms with van der Waals surface area (Å²) in [5.41, 5.74) is 2.26. The molecule has 32 heavy (non-hydrogen) atoms. The molecule has 5 rings (SSSR count). The number of pyridine rings is 1. The molecule has 1 aromatic carbocycles. The molecule has 0 bridgehead atoms. The van der Waals surface area contributed by atoms with Crippen LogP contribution in [0.3, 0.4) is 0 Å². The molecule has 0 radical (unpaired) electrons. The number of esters is 1. The Kier molecular flexibility index (Phi) is 5.66. The van der Waals surface area contributed by atoms with Crippen molar-refractivity contribution in [2.75, 3.05) is 7.11 Å². The average molecular weight is 448 g/mol. The Labute approximate surface area is 192 Å². The lowest BCUT2D eigenvalue weighted by molar-refractivity contribution is 0.0601. The van der Waals surface area contributed by atoms with E-state index in [9.17, 15) is 4.79 Å². The standard InChI is InChI=1S/C25H25N3O3S/c1-30-24(29)17-8-6-7-16(15-17)20-12-13-21(31-20)23-22(19-11-4-5-14-26-19)27-25(32)28(23)18-9-2-3-10-18/h4-8,11-15,18,22-23H,2-3,9-10H2,1H3,(H,27,32)/t22-,23+/m1/s1. The minimum Gasteiger partial charge on any atom is -0.465 e. The molecule has 7 heteroatoms. The summed E-state index contributed by atoms with van der Waals surface area (Å²) in [6, 6.07) is 17.4. The Morgan fingerprint density at radius 3 is 2.75 bits per heavy atom. The molecule has 2 aromatic heterocycles. The number of thiocarbonyl (C=S) groups is 1. The summed E-state index contributed by atoms with van der Waals surface area (Å²) in [4.78, 5) is 18.9. The molecule has 1 N–H and O–H groups in total. The van der Waals surface area contributed by atoms with Crippen molar-refractivity contribution < 1.29 is 13.9 Å². The van der Waals surface area contributed by atoms with Crippen LogP contribution < -0.4 is 5.32 Å². The van der Waals surface area contributed by atoms with Gasteiger partial charge in [0.15, 0.2) is 5.11 Å². The Hall–Kier alpha value is -3.19. The van der Waals surface area contributed by atoms with Crippen LogP contribution in [0, 0.1) is 0 Å². The second-order valence-corrected chi connectivity index (χ2v) is 8.63. The molecule has 1 saturated carbocycles. The van der Waals surface area contributed by atoms with E-state index in [4.69, 9.17) is 21.4 Å². The minimum atomic E-state index is -0.369. The van der Waals surface area contributed by atoms with Crippen molar-refractivity contribution in [2.45, 2.75) is 43.8 Å². The van der Waals surface area contributed by atoms with Gasteiger partial charge in [0, 0.05) is 17.8 Å². The van der Waals surface area contributed by atoms with Gasteiger partial charge < -0.3 is 19.4 Å². The van der Waals surface area contributed by atoms with Gasteiger partial charge in [0.1, 0.15) is 17.6 Å². The fraction of sp³-hybridized carbons (Fsp3) is 0.320. The highest BCUT2D eigenvalue weighted by Crippen LogP contribution is 2.44. The average Bonchev–Trinajstić information content (AvgIpc) is 3.59. The van der Waals surface area contributed by atoms with Gasteiger partial charge in [-0.2, -0.15) is 0 Å². The summed E-state index contributed by atoms with van der Waals surface area (Å²) in [7, 11) is 1.38. The number of furan rings is 1. The zero-order valence-electron chi connectivity index (χ0n) is 17.9. The second kappa shape index (κ2) is 8.74. The maximum absolute atomic E-state index is 11.9. The Morgan fingerprint density at radius 1 is 1.16 bits per heavy atom. The predicted octanol–water partition coefficient (Wildman–Crippen LogP) is 5.04. The van der Waals surface area contributed by atoms with Gasteiger partial charge in [-0.25, -0.2) is 4.79 Å². The number of hydrogen-bond acceptors (Lipinski definition) is 5. The first-order valence-electron chi connectivity index (χ1n) is 10.9. The van der Waals surface area contributed by atoms with Gasteiger partial charge in [-0.15, -0.1) is 0 Å². The topological polar surface area (TPSA) is 67.6 Å². The fourth-order valence-corrected chi connectivity index (χ4v) is 5.22. The molecule has 2 fully saturated rings. The molecule has 1 saturated heterocycles. The predicted molar refractivity (Wildman–Crippen MR) is 125 cm³/mol. The van der Waals surface area contributed by atoms with Crippen molar-refractivity contribution in [1.82, 2.24) is 15.2 Å². The molecule has 0 spiro atoms. The number of carbonyl (C=O) groups excluding carboxylic acids is 1. The molecule has 0 unspecified atom stereocenters. The molecular formula is C25H25N3O3S. The van der Waals surface area contributed by atoms with Crippen LogP contribution >= 0.6 is 12.2 Å². The van der Waals surface area contributed by atoms with Crippen LogP contribution in [0.25, 0.3) is 11.3 Å². The largest absolute Gasteiger partial charge is 0.465 e. The van der Waals surface area contributed by atoms with Crippen molar-refractivity contribution in [3.63, 3.8) is 0 Å². The van der Waals surface area contributed by atoms with Crippen molar-refractivity contribution in [3.8, 4) is 11.3 Å². The van der Waals surface area contributed by atoms with Gasteiger partial charge >= 0.3 is 5.97 Å². The maximum Gasteiger partial charge on any atom is 0.337 e. The van der Waals surface area contributed by atoms with Crippen LogP contribution in [0.15, 0.2) is 65.2 Å². The van der Waals surface area contributed by atoms with E-state index in [1.165, 1.54) is 20.0 Å². The Morgan fingerprint density at radius 2 is 2.00 bits per heavy atom. The number of carbonyl (C=O) groups is 1. The molecule has 3 heterocycles. The quantitative estimate of drug-likeness (QED) is 0.434. The van der Waals surface area contributed by atoms with Gasteiger partial charge in [0.25, 0.3) is 0 Å². The summed E-state index contributed by atoms with van der Waals surface area (Å²) in [6.45, 7) is 0. The van der Waals surface area contributed by atoms with Gasteiger partial charge in [0.2, 0.25) is 0 Å². The number of methoxy groups -OCH3 is 1. The van der Waals surface area contributed by atoms with E-state index >= 15 is 0 Å². The first-order valence-corrected chi connectivity index (χ1v) is 11.3. The molecule has 2 aliphatic rings. The third-order valence-corrected chi connectivity index (χ3v) is 6.67. The lowest BCUT2D eigenvalue weighted by Crippen LogP contribution is -2.37. The molecule has 0 amide bonds. The van der Waals surface area contributed by atoms with Gasteiger partial charge in [0.05, 0.1) is 24.4 Å². The third kappa shape index (κ3) is 3.77. The second-order valence-electron chi connectivity index (χ2n) is 8.25. The van der Waals surface area contributed by atoms with Crippen LogP contribution in [0.4, 0.5) is 0 Å². The van der Waals surface area contributed by atoms with Crippen LogP contribution in [-0.2, 0) is 4.74 Å². The number of aromatic nitrogens is 1. The summed E-state index contributed by atoms with van der Waals surface area (Å²) >= 11 is 5.78. The number of nitrogens with zero attached hydrogens (tertiary/aromatic N) is 2. The third-order valence-electron chi connectivity index (χ3n) is 6.34. The van der Waals surface area contributed by atoms with Crippen LogP contribution in [0.2, 0.25) is 0 Å².